The van der Waals surface area contributed by atoms with Gasteiger partial charge in [0, 0.05) is 5.56 Å². The van der Waals surface area contributed by atoms with Crippen molar-refractivity contribution in [1.29, 1.82) is 0 Å². The molecule has 1 aromatic carbocycles. The zero-order chi connectivity index (χ0) is 10.4. The van der Waals surface area contributed by atoms with Crippen LogP contribution < -0.4 is 0 Å². The summed E-state index contributed by atoms with van der Waals surface area (Å²) in [5, 5.41) is 8.42. The van der Waals surface area contributed by atoms with Gasteiger partial charge in [-0.25, -0.2) is 0 Å². The fourth-order valence-electron chi connectivity index (χ4n) is 1.17. The molecule has 0 amide bonds. The summed E-state index contributed by atoms with van der Waals surface area (Å²) in [4.78, 5) is 10.2. The first kappa shape index (κ1) is 10.3. The van der Waals surface area contributed by atoms with Gasteiger partial charge in [0.1, 0.15) is 6.42 Å². The summed E-state index contributed by atoms with van der Waals surface area (Å²) < 4.78 is 0. The molecule has 0 radical (unpaired) electrons. The third kappa shape index (κ3) is 2.95. The predicted molar refractivity (Wildman–Crippen MR) is 55.0 cm³/mol. The maximum Gasteiger partial charge on any atom is 0.315 e. The molecule has 0 aliphatic heterocycles. The molecule has 0 spiro atoms. The Morgan fingerprint density at radius 3 is 2.79 bits per heavy atom. The highest BCUT2D eigenvalue weighted by atomic mass is 16.4. The van der Waals surface area contributed by atoms with Gasteiger partial charge < -0.3 is 5.11 Å². The zero-order valence-electron chi connectivity index (χ0n) is 8.08. The molecule has 72 valence electrons. The molecule has 0 aliphatic carbocycles. The monoisotopic (exact) mass is 188 g/mol. The van der Waals surface area contributed by atoms with Gasteiger partial charge in [-0.05, 0) is 18.1 Å². The lowest BCUT2D eigenvalue weighted by Gasteiger charge is -1.98. The van der Waals surface area contributed by atoms with E-state index in [1.54, 1.807) is 0 Å². The molecule has 1 rings (SSSR count). The summed E-state index contributed by atoms with van der Waals surface area (Å²) in [5.41, 5.74) is 2.08. The Labute approximate surface area is 83.6 Å². The topological polar surface area (TPSA) is 37.3 Å². The van der Waals surface area contributed by atoms with Crippen molar-refractivity contribution in [3.05, 3.63) is 35.4 Å². The van der Waals surface area contributed by atoms with Gasteiger partial charge in [0.05, 0.1) is 0 Å². The van der Waals surface area contributed by atoms with E-state index in [1.165, 1.54) is 0 Å². The SMILES string of the molecule is CCc1ccccc1C#CCC(=O)O. The first-order chi connectivity index (χ1) is 6.74. The smallest absolute Gasteiger partial charge is 0.315 e. The molecule has 0 atom stereocenters. The minimum Gasteiger partial charge on any atom is -0.481 e. The molecule has 0 aliphatic rings. The van der Waals surface area contributed by atoms with Gasteiger partial charge >= 0.3 is 5.97 Å². The van der Waals surface area contributed by atoms with Crippen molar-refractivity contribution in [3.63, 3.8) is 0 Å². The van der Waals surface area contributed by atoms with Crippen LogP contribution in [0.1, 0.15) is 24.5 Å². The van der Waals surface area contributed by atoms with Crippen LogP contribution in [0.5, 0.6) is 0 Å². The summed E-state index contributed by atoms with van der Waals surface area (Å²) in [6.07, 6.45) is 0.815. The van der Waals surface area contributed by atoms with E-state index in [1.807, 2.05) is 24.3 Å². The molecule has 0 heterocycles. The average molecular weight is 188 g/mol. The van der Waals surface area contributed by atoms with Crippen molar-refractivity contribution >= 4 is 5.97 Å². The lowest BCUT2D eigenvalue weighted by molar-refractivity contribution is -0.135. The van der Waals surface area contributed by atoms with Crippen LogP contribution in [0.4, 0.5) is 0 Å². The van der Waals surface area contributed by atoms with Crippen molar-refractivity contribution < 1.29 is 9.90 Å². The molecule has 0 aromatic heterocycles. The van der Waals surface area contributed by atoms with E-state index in [4.69, 9.17) is 5.11 Å². The number of aliphatic carboxylic acids is 1. The Bertz CT molecular complexity index is 383. The van der Waals surface area contributed by atoms with E-state index in [0.717, 1.165) is 17.5 Å². The highest BCUT2D eigenvalue weighted by Crippen LogP contribution is 2.07. The Morgan fingerprint density at radius 2 is 2.14 bits per heavy atom. The molecule has 1 N–H and O–H groups in total. The summed E-state index contributed by atoms with van der Waals surface area (Å²) in [6.45, 7) is 2.05. The molecule has 2 heteroatoms. The summed E-state index contributed by atoms with van der Waals surface area (Å²) in [5.74, 6) is 4.61. The van der Waals surface area contributed by atoms with E-state index in [0.29, 0.717) is 0 Å². The molecule has 14 heavy (non-hydrogen) atoms. The first-order valence-corrected chi connectivity index (χ1v) is 4.52. The molecule has 0 saturated carbocycles. The first-order valence-electron chi connectivity index (χ1n) is 4.52. The number of hydrogen-bond donors (Lipinski definition) is 1. The van der Waals surface area contributed by atoms with E-state index in [-0.39, 0.29) is 6.42 Å². The molecule has 0 unspecified atom stereocenters. The van der Waals surface area contributed by atoms with Crippen LogP contribution in [0.25, 0.3) is 0 Å². The van der Waals surface area contributed by atoms with Crippen molar-refractivity contribution in [2.75, 3.05) is 0 Å². The standard InChI is InChI=1S/C12H12O2/c1-2-10-6-3-4-7-11(10)8-5-9-12(13)14/h3-4,6-7H,2,9H2,1H3,(H,13,14). The van der Waals surface area contributed by atoms with Gasteiger partial charge in [-0.15, -0.1) is 0 Å². The van der Waals surface area contributed by atoms with E-state index < -0.39 is 5.97 Å². The fraction of sp³-hybridized carbons (Fsp3) is 0.250. The molecule has 0 saturated heterocycles. The Hall–Kier alpha value is -1.75. The third-order valence-corrected chi connectivity index (χ3v) is 1.86. The lowest BCUT2D eigenvalue weighted by Crippen LogP contribution is -1.91. The van der Waals surface area contributed by atoms with Crippen molar-refractivity contribution in [2.45, 2.75) is 19.8 Å². The Morgan fingerprint density at radius 1 is 1.43 bits per heavy atom. The Balaban J connectivity index is 2.83. The van der Waals surface area contributed by atoms with E-state index in [9.17, 15) is 4.79 Å². The number of carboxylic acids is 1. The van der Waals surface area contributed by atoms with Crippen LogP contribution in [0.15, 0.2) is 24.3 Å². The number of carbonyl (C=O) groups is 1. The predicted octanol–water partition coefficient (Wildman–Crippen LogP) is 2.08. The van der Waals surface area contributed by atoms with Gasteiger partial charge in [-0.3, -0.25) is 4.79 Å². The van der Waals surface area contributed by atoms with Crippen LogP contribution >= 0.6 is 0 Å². The molecule has 1 aromatic rings. The van der Waals surface area contributed by atoms with Crippen molar-refractivity contribution in [3.8, 4) is 11.8 Å². The van der Waals surface area contributed by atoms with Crippen LogP contribution in [0.2, 0.25) is 0 Å². The number of hydrogen-bond acceptors (Lipinski definition) is 1. The second-order valence-electron chi connectivity index (χ2n) is 2.88. The van der Waals surface area contributed by atoms with Crippen molar-refractivity contribution in [2.24, 2.45) is 0 Å². The summed E-state index contributed by atoms with van der Waals surface area (Å²) >= 11 is 0. The van der Waals surface area contributed by atoms with Crippen LogP contribution in [-0.2, 0) is 11.2 Å². The minimum absolute atomic E-state index is 0.0992. The zero-order valence-corrected chi connectivity index (χ0v) is 8.08. The molecule has 0 bridgehead atoms. The van der Waals surface area contributed by atoms with Gasteiger partial charge in [-0.2, -0.15) is 0 Å². The molecule has 2 nitrogen and oxygen atoms in total. The summed E-state index contributed by atoms with van der Waals surface area (Å²) in [7, 11) is 0. The lowest BCUT2D eigenvalue weighted by atomic mass is 10.1. The summed E-state index contributed by atoms with van der Waals surface area (Å²) in [6, 6.07) is 7.78. The van der Waals surface area contributed by atoms with Crippen LogP contribution in [0, 0.1) is 11.8 Å². The quantitative estimate of drug-likeness (QED) is 0.721. The van der Waals surface area contributed by atoms with Crippen LogP contribution in [0.3, 0.4) is 0 Å². The second-order valence-corrected chi connectivity index (χ2v) is 2.88. The maximum atomic E-state index is 10.2. The average Bonchev–Trinajstić information content (AvgIpc) is 2.18. The number of benzene rings is 1. The van der Waals surface area contributed by atoms with Crippen LogP contribution in [-0.4, -0.2) is 11.1 Å². The maximum absolute atomic E-state index is 10.2. The Kier molecular flexibility index (Phi) is 3.75. The number of aryl methyl sites for hydroxylation is 1. The van der Waals surface area contributed by atoms with E-state index >= 15 is 0 Å². The highest BCUT2D eigenvalue weighted by Gasteiger charge is 1.95. The highest BCUT2D eigenvalue weighted by molar-refractivity contribution is 5.70. The fourth-order valence-corrected chi connectivity index (χ4v) is 1.17. The molecular formula is C12H12O2. The third-order valence-electron chi connectivity index (χ3n) is 1.86. The van der Waals surface area contributed by atoms with Gasteiger partial charge in [-0.1, -0.05) is 37.0 Å². The minimum atomic E-state index is -0.883. The van der Waals surface area contributed by atoms with E-state index in [2.05, 4.69) is 18.8 Å². The number of rotatable bonds is 2. The normalized spacial score (nSPS) is 8.93. The van der Waals surface area contributed by atoms with Gasteiger partial charge in [0.2, 0.25) is 0 Å². The van der Waals surface area contributed by atoms with Crippen molar-refractivity contribution in [1.82, 2.24) is 0 Å². The molecule has 0 fully saturated rings. The van der Waals surface area contributed by atoms with Gasteiger partial charge in [0.25, 0.3) is 0 Å². The molecular weight excluding hydrogens is 176 g/mol. The second kappa shape index (κ2) is 5.08. The number of carboxylic acid groups (broad SMARTS) is 1. The van der Waals surface area contributed by atoms with Gasteiger partial charge in [0.15, 0.2) is 0 Å². The largest absolute Gasteiger partial charge is 0.481 e.